The Bertz CT molecular complexity index is 506. The quantitative estimate of drug-likeness (QED) is 0.722. The molecule has 1 aliphatic carbocycles. The first kappa shape index (κ1) is 15.3. The predicted molar refractivity (Wildman–Crippen MR) is 77.1 cm³/mol. The van der Waals surface area contributed by atoms with Crippen LogP contribution in [0.2, 0.25) is 5.02 Å². The fourth-order valence-electron chi connectivity index (χ4n) is 2.48. The summed E-state index contributed by atoms with van der Waals surface area (Å²) in [5, 5.41) is 26.0. The number of nitrogens with zero attached hydrogens (tertiary/aromatic N) is 2. The summed E-state index contributed by atoms with van der Waals surface area (Å²) in [6.45, 7) is -0.0533. The maximum absolute atomic E-state index is 11.9. The Morgan fingerprint density at radius 3 is 2.90 bits per heavy atom. The van der Waals surface area contributed by atoms with Crippen LogP contribution in [0.5, 0.6) is 0 Å². The summed E-state index contributed by atoms with van der Waals surface area (Å²) >= 11 is 6.04. The summed E-state index contributed by atoms with van der Waals surface area (Å²) in [5.41, 5.74) is 0.00522. The molecular weight excluding hydrogens is 282 g/mol. The Labute approximate surface area is 122 Å². The molecule has 3 N–H and O–H groups in total. The van der Waals surface area contributed by atoms with E-state index in [1.165, 1.54) is 6.20 Å². The number of anilines is 1. The van der Waals surface area contributed by atoms with Crippen molar-refractivity contribution < 1.29 is 10.2 Å². The van der Waals surface area contributed by atoms with Gasteiger partial charge < -0.3 is 15.5 Å². The third-order valence-electron chi connectivity index (χ3n) is 3.62. The number of rotatable bonds is 4. The number of halogens is 1. The van der Waals surface area contributed by atoms with E-state index in [1.54, 1.807) is 0 Å². The minimum atomic E-state index is -0.437. The van der Waals surface area contributed by atoms with Gasteiger partial charge in [0.25, 0.3) is 5.56 Å². The Morgan fingerprint density at radius 2 is 2.15 bits per heavy atom. The predicted octanol–water partition coefficient (Wildman–Crippen LogP) is 0.994. The van der Waals surface area contributed by atoms with Crippen LogP contribution in [0, 0.1) is 0 Å². The van der Waals surface area contributed by atoms with Crippen LogP contribution < -0.4 is 10.9 Å². The molecule has 0 aliphatic heterocycles. The molecule has 6 nitrogen and oxygen atoms in total. The van der Waals surface area contributed by atoms with Crippen LogP contribution in [0.3, 0.4) is 0 Å². The summed E-state index contributed by atoms with van der Waals surface area (Å²) in [6, 6.07) is -0.107. The van der Waals surface area contributed by atoms with Gasteiger partial charge in [-0.05, 0) is 12.8 Å². The van der Waals surface area contributed by atoms with E-state index in [-0.39, 0.29) is 24.2 Å². The minimum absolute atomic E-state index is 0.0462. The molecule has 1 aliphatic rings. The maximum Gasteiger partial charge on any atom is 0.287 e. The van der Waals surface area contributed by atoms with Crippen LogP contribution in [0.1, 0.15) is 32.1 Å². The molecule has 0 aromatic carbocycles. The molecule has 0 saturated heterocycles. The topological polar surface area (TPSA) is 87.4 Å². The molecule has 2 atom stereocenters. The normalized spacial score (nSPS) is 23.4. The molecule has 2 rings (SSSR count). The molecule has 0 amide bonds. The van der Waals surface area contributed by atoms with E-state index < -0.39 is 11.7 Å². The van der Waals surface area contributed by atoms with E-state index in [0.29, 0.717) is 5.69 Å². The smallest absolute Gasteiger partial charge is 0.287 e. The molecule has 1 aromatic heterocycles. The van der Waals surface area contributed by atoms with Gasteiger partial charge in [0.1, 0.15) is 5.02 Å². The van der Waals surface area contributed by atoms with Crippen LogP contribution in [-0.4, -0.2) is 38.7 Å². The number of aromatic nitrogens is 2. The molecule has 0 bridgehead atoms. The van der Waals surface area contributed by atoms with Crippen molar-refractivity contribution in [3.05, 3.63) is 21.6 Å². The van der Waals surface area contributed by atoms with Crippen LogP contribution in [0.25, 0.3) is 0 Å². The number of hydrogen-bond donors (Lipinski definition) is 3. The maximum atomic E-state index is 11.9. The number of nitrogens with one attached hydrogen (secondary N) is 1. The van der Waals surface area contributed by atoms with E-state index in [4.69, 9.17) is 16.7 Å². The van der Waals surface area contributed by atoms with Gasteiger partial charge in [0.05, 0.1) is 37.2 Å². The van der Waals surface area contributed by atoms with Crippen molar-refractivity contribution in [2.45, 2.75) is 50.8 Å². The second-order valence-corrected chi connectivity index (χ2v) is 5.46. The third kappa shape index (κ3) is 3.50. The molecule has 112 valence electrons. The van der Waals surface area contributed by atoms with Gasteiger partial charge >= 0.3 is 0 Å². The van der Waals surface area contributed by atoms with Crippen molar-refractivity contribution in [2.24, 2.45) is 0 Å². The first-order chi connectivity index (χ1) is 9.63. The second kappa shape index (κ2) is 7.06. The third-order valence-corrected chi connectivity index (χ3v) is 3.98. The van der Waals surface area contributed by atoms with Crippen molar-refractivity contribution in [3.8, 4) is 0 Å². The van der Waals surface area contributed by atoms with Gasteiger partial charge in [-0.2, -0.15) is 5.10 Å². The number of hydrogen-bond acceptors (Lipinski definition) is 5. The first-order valence-electron chi connectivity index (χ1n) is 6.94. The lowest BCUT2D eigenvalue weighted by molar-refractivity contribution is 0.144. The zero-order valence-electron chi connectivity index (χ0n) is 11.3. The fraction of sp³-hybridized carbons (Fsp3) is 0.692. The molecule has 7 heteroatoms. The van der Waals surface area contributed by atoms with Gasteiger partial charge in [-0.25, -0.2) is 4.68 Å². The zero-order chi connectivity index (χ0) is 14.5. The van der Waals surface area contributed by atoms with Crippen molar-refractivity contribution >= 4 is 17.3 Å². The summed E-state index contributed by atoms with van der Waals surface area (Å²) < 4.78 is 1.12. The molecule has 1 aromatic rings. The molecule has 20 heavy (non-hydrogen) atoms. The lowest BCUT2D eigenvalue weighted by atomic mass is 10.1. The van der Waals surface area contributed by atoms with E-state index in [9.17, 15) is 9.90 Å². The van der Waals surface area contributed by atoms with Gasteiger partial charge in [-0.15, -0.1) is 0 Å². The Kier molecular flexibility index (Phi) is 5.39. The Hall–Kier alpha value is -1.11. The Morgan fingerprint density at radius 1 is 1.40 bits per heavy atom. The first-order valence-corrected chi connectivity index (χ1v) is 7.32. The molecule has 1 fully saturated rings. The van der Waals surface area contributed by atoms with Crippen LogP contribution in [-0.2, 0) is 6.54 Å². The highest BCUT2D eigenvalue weighted by Crippen LogP contribution is 2.23. The standard InChI is InChI=1S/C13H20ClN3O3/c14-12-10(8-15-17(6-7-18)13(12)20)16-9-4-2-1-3-5-11(9)19/h8-9,11,16,18-19H,1-7H2. The summed E-state index contributed by atoms with van der Waals surface area (Å²) in [4.78, 5) is 11.9. The van der Waals surface area contributed by atoms with Crippen molar-refractivity contribution in [1.29, 1.82) is 0 Å². The molecule has 0 spiro atoms. The highest BCUT2D eigenvalue weighted by Gasteiger charge is 2.22. The van der Waals surface area contributed by atoms with Crippen molar-refractivity contribution in [1.82, 2.24) is 9.78 Å². The molecule has 2 unspecified atom stereocenters. The van der Waals surface area contributed by atoms with Crippen LogP contribution >= 0.6 is 11.6 Å². The second-order valence-electron chi connectivity index (χ2n) is 5.08. The molecule has 0 radical (unpaired) electrons. The lowest BCUT2D eigenvalue weighted by Gasteiger charge is -2.23. The van der Waals surface area contributed by atoms with Gasteiger partial charge in [-0.1, -0.05) is 30.9 Å². The average molecular weight is 302 g/mol. The largest absolute Gasteiger partial charge is 0.394 e. The van der Waals surface area contributed by atoms with E-state index >= 15 is 0 Å². The fourth-order valence-corrected chi connectivity index (χ4v) is 2.68. The van der Waals surface area contributed by atoms with Gasteiger partial charge in [-0.3, -0.25) is 4.79 Å². The minimum Gasteiger partial charge on any atom is -0.394 e. The van der Waals surface area contributed by atoms with E-state index in [2.05, 4.69) is 10.4 Å². The van der Waals surface area contributed by atoms with Gasteiger partial charge in [0.15, 0.2) is 0 Å². The highest BCUT2D eigenvalue weighted by molar-refractivity contribution is 6.32. The monoisotopic (exact) mass is 301 g/mol. The molecular formula is C13H20ClN3O3. The van der Waals surface area contributed by atoms with Crippen LogP contribution in [0.4, 0.5) is 5.69 Å². The van der Waals surface area contributed by atoms with Crippen LogP contribution in [0.15, 0.2) is 11.0 Å². The summed E-state index contributed by atoms with van der Waals surface area (Å²) in [5.74, 6) is 0. The van der Waals surface area contributed by atoms with Crippen molar-refractivity contribution in [3.63, 3.8) is 0 Å². The van der Waals surface area contributed by atoms with Gasteiger partial charge in [0.2, 0.25) is 0 Å². The molecule has 1 saturated carbocycles. The van der Waals surface area contributed by atoms with E-state index in [0.717, 1.165) is 36.8 Å². The van der Waals surface area contributed by atoms with E-state index in [1.807, 2.05) is 0 Å². The summed E-state index contributed by atoms with van der Waals surface area (Å²) in [6.07, 6.45) is 5.80. The van der Waals surface area contributed by atoms with Gasteiger partial charge in [0, 0.05) is 0 Å². The van der Waals surface area contributed by atoms with Crippen molar-refractivity contribution in [2.75, 3.05) is 11.9 Å². The summed E-state index contributed by atoms with van der Waals surface area (Å²) in [7, 11) is 0. The SMILES string of the molecule is O=c1c(Cl)c(NC2CCCCCC2O)cnn1CCO. The highest BCUT2D eigenvalue weighted by atomic mass is 35.5. The Balaban J connectivity index is 2.16. The number of aliphatic hydroxyl groups excluding tert-OH is 2. The molecule has 1 heterocycles. The zero-order valence-corrected chi connectivity index (χ0v) is 12.0. The lowest BCUT2D eigenvalue weighted by Crippen LogP contribution is -2.34. The average Bonchev–Trinajstić information content (AvgIpc) is 2.64. The number of aliphatic hydroxyl groups is 2.